The quantitative estimate of drug-likeness (QED) is 0.346. The third-order valence-corrected chi connectivity index (χ3v) is 7.34. The van der Waals surface area contributed by atoms with Gasteiger partial charge in [-0.3, -0.25) is 13.9 Å². The van der Waals surface area contributed by atoms with Gasteiger partial charge in [-0.15, -0.1) is 0 Å². The molecule has 0 aromatic heterocycles. The molecule has 1 N–H and O–H groups in total. The average molecular weight is 532 g/mol. The molecule has 2 aromatic rings. The summed E-state index contributed by atoms with van der Waals surface area (Å²) in [6.45, 7) is 6.96. The molecule has 0 aliphatic carbocycles. The Morgan fingerprint density at radius 3 is 2.41 bits per heavy atom. The maximum absolute atomic E-state index is 13.5. The number of carbonyl (C=O) groups excluding carboxylic acids is 2. The standard InChI is InChI=1S/C28H41N3O5S/c1-6-8-17-29-28(33)26(7-2)30(21-23-13-9-12-22(3)19-23)27(32)16-11-18-31(37(5,34)35)24-14-10-15-25(20-24)36-4/h9-10,12-15,19-20,26H,6-8,11,16-18,21H2,1-5H3,(H,29,33). The zero-order valence-electron chi connectivity index (χ0n) is 22.7. The molecule has 0 spiro atoms. The molecule has 0 bridgehead atoms. The highest BCUT2D eigenvalue weighted by molar-refractivity contribution is 7.92. The monoisotopic (exact) mass is 531 g/mol. The minimum absolute atomic E-state index is 0.112. The van der Waals surface area contributed by atoms with Crippen LogP contribution in [-0.4, -0.2) is 57.6 Å². The van der Waals surface area contributed by atoms with Crippen molar-refractivity contribution in [2.24, 2.45) is 0 Å². The number of aryl methyl sites for hydroxylation is 1. The van der Waals surface area contributed by atoms with E-state index in [1.165, 1.54) is 11.4 Å². The SMILES string of the molecule is CCCCNC(=O)C(CC)N(Cc1cccc(C)c1)C(=O)CCCN(c1cccc(OC)c1)S(C)(=O)=O. The first-order chi connectivity index (χ1) is 17.6. The van der Waals surface area contributed by atoms with E-state index < -0.39 is 16.1 Å². The van der Waals surface area contributed by atoms with Gasteiger partial charge in [0.15, 0.2) is 0 Å². The Labute approximate surface area is 222 Å². The smallest absolute Gasteiger partial charge is 0.242 e. The third kappa shape index (κ3) is 9.39. The van der Waals surface area contributed by atoms with E-state index in [1.807, 2.05) is 38.1 Å². The minimum Gasteiger partial charge on any atom is -0.497 e. The van der Waals surface area contributed by atoms with Crippen LogP contribution >= 0.6 is 0 Å². The molecule has 2 aromatic carbocycles. The van der Waals surface area contributed by atoms with E-state index in [2.05, 4.69) is 12.2 Å². The van der Waals surface area contributed by atoms with Crippen molar-refractivity contribution >= 4 is 27.5 Å². The Kier molecular flexibility index (Phi) is 11.9. The molecular formula is C28H41N3O5S. The van der Waals surface area contributed by atoms with E-state index in [0.29, 0.717) is 37.4 Å². The second-order valence-electron chi connectivity index (χ2n) is 9.22. The number of amides is 2. The van der Waals surface area contributed by atoms with Crippen molar-refractivity contribution < 1.29 is 22.7 Å². The molecule has 204 valence electrons. The first kappa shape index (κ1) is 30.2. The van der Waals surface area contributed by atoms with E-state index in [-0.39, 0.29) is 24.8 Å². The van der Waals surface area contributed by atoms with Crippen LogP contribution in [0.15, 0.2) is 48.5 Å². The summed E-state index contributed by atoms with van der Waals surface area (Å²) in [6.07, 6.45) is 3.88. The molecule has 9 heteroatoms. The number of nitrogens with zero attached hydrogens (tertiary/aromatic N) is 2. The van der Waals surface area contributed by atoms with Crippen LogP contribution < -0.4 is 14.4 Å². The van der Waals surface area contributed by atoms with Crippen LogP contribution in [0, 0.1) is 6.92 Å². The Morgan fingerprint density at radius 2 is 1.78 bits per heavy atom. The Morgan fingerprint density at radius 1 is 1.05 bits per heavy atom. The van der Waals surface area contributed by atoms with Gasteiger partial charge in [0, 0.05) is 32.1 Å². The van der Waals surface area contributed by atoms with E-state index >= 15 is 0 Å². The molecule has 37 heavy (non-hydrogen) atoms. The average Bonchev–Trinajstić information content (AvgIpc) is 2.85. The Bertz CT molecular complexity index is 1140. The number of sulfonamides is 1. The molecule has 2 rings (SSSR count). The van der Waals surface area contributed by atoms with Gasteiger partial charge in [0.05, 0.1) is 19.1 Å². The molecule has 0 saturated carbocycles. The lowest BCUT2D eigenvalue weighted by Crippen LogP contribution is -2.49. The number of unbranched alkanes of at least 4 members (excludes halogenated alkanes) is 1. The van der Waals surface area contributed by atoms with Gasteiger partial charge in [-0.25, -0.2) is 8.42 Å². The fraction of sp³-hybridized carbons (Fsp3) is 0.500. The number of carbonyl (C=O) groups is 2. The van der Waals surface area contributed by atoms with Crippen LogP contribution in [0.1, 0.15) is 57.1 Å². The van der Waals surface area contributed by atoms with Crippen LogP contribution in [0.3, 0.4) is 0 Å². The van der Waals surface area contributed by atoms with Crippen molar-refractivity contribution in [2.75, 3.05) is 30.8 Å². The topological polar surface area (TPSA) is 96.0 Å². The number of anilines is 1. The van der Waals surface area contributed by atoms with Crippen LogP contribution in [-0.2, 0) is 26.2 Å². The minimum atomic E-state index is -3.57. The van der Waals surface area contributed by atoms with Crippen molar-refractivity contribution in [3.63, 3.8) is 0 Å². The molecule has 1 atom stereocenters. The van der Waals surface area contributed by atoms with Crippen LogP contribution in [0.4, 0.5) is 5.69 Å². The van der Waals surface area contributed by atoms with Gasteiger partial charge >= 0.3 is 0 Å². The summed E-state index contributed by atoms with van der Waals surface area (Å²) in [5.41, 5.74) is 2.50. The second-order valence-corrected chi connectivity index (χ2v) is 11.1. The fourth-order valence-corrected chi connectivity index (χ4v) is 5.16. The van der Waals surface area contributed by atoms with Gasteiger partial charge in [0.2, 0.25) is 21.8 Å². The van der Waals surface area contributed by atoms with Gasteiger partial charge in [0.1, 0.15) is 11.8 Å². The number of rotatable bonds is 15. The summed E-state index contributed by atoms with van der Waals surface area (Å²) < 4.78 is 31.6. The molecule has 0 heterocycles. The summed E-state index contributed by atoms with van der Waals surface area (Å²) in [5.74, 6) is 0.204. The highest BCUT2D eigenvalue weighted by Crippen LogP contribution is 2.24. The summed E-state index contributed by atoms with van der Waals surface area (Å²) >= 11 is 0. The second kappa shape index (κ2) is 14.6. The number of hydrogen-bond acceptors (Lipinski definition) is 5. The maximum Gasteiger partial charge on any atom is 0.242 e. The summed E-state index contributed by atoms with van der Waals surface area (Å²) in [4.78, 5) is 28.1. The van der Waals surface area contributed by atoms with Gasteiger partial charge < -0.3 is 15.0 Å². The lowest BCUT2D eigenvalue weighted by Gasteiger charge is -2.31. The third-order valence-electron chi connectivity index (χ3n) is 6.14. The zero-order chi connectivity index (χ0) is 27.4. The molecule has 0 radical (unpaired) electrons. The first-order valence-corrected chi connectivity index (χ1v) is 14.7. The molecular weight excluding hydrogens is 490 g/mol. The summed E-state index contributed by atoms with van der Waals surface area (Å²) in [7, 11) is -2.05. The number of ether oxygens (including phenoxy) is 1. The zero-order valence-corrected chi connectivity index (χ0v) is 23.5. The lowest BCUT2D eigenvalue weighted by atomic mass is 10.1. The van der Waals surface area contributed by atoms with E-state index in [4.69, 9.17) is 4.74 Å². The van der Waals surface area contributed by atoms with Crippen molar-refractivity contribution in [2.45, 2.75) is 65.5 Å². The van der Waals surface area contributed by atoms with E-state index in [0.717, 1.165) is 30.2 Å². The molecule has 0 aliphatic rings. The molecule has 0 aliphatic heterocycles. The maximum atomic E-state index is 13.5. The van der Waals surface area contributed by atoms with Gasteiger partial charge in [-0.1, -0.05) is 56.2 Å². The number of nitrogens with one attached hydrogen (secondary N) is 1. The predicted octanol–water partition coefficient (Wildman–Crippen LogP) is 4.27. The van der Waals surface area contributed by atoms with Crippen molar-refractivity contribution in [1.29, 1.82) is 0 Å². The summed E-state index contributed by atoms with van der Waals surface area (Å²) in [6, 6.07) is 14.1. The van der Waals surface area contributed by atoms with Gasteiger partial charge in [-0.05, 0) is 43.9 Å². The normalized spacial score (nSPS) is 12.0. The molecule has 0 fully saturated rings. The lowest BCUT2D eigenvalue weighted by molar-refractivity contribution is -0.141. The van der Waals surface area contributed by atoms with Crippen molar-refractivity contribution in [3.8, 4) is 5.75 Å². The largest absolute Gasteiger partial charge is 0.497 e. The van der Waals surface area contributed by atoms with Crippen LogP contribution in [0.25, 0.3) is 0 Å². The van der Waals surface area contributed by atoms with Crippen LogP contribution in [0.5, 0.6) is 5.75 Å². The number of methoxy groups -OCH3 is 1. The Hall–Kier alpha value is -3.07. The number of benzene rings is 2. The van der Waals surface area contributed by atoms with Crippen molar-refractivity contribution in [3.05, 3.63) is 59.7 Å². The predicted molar refractivity (Wildman–Crippen MR) is 148 cm³/mol. The van der Waals surface area contributed by atoms with Crippen molar-refractivity contribution in [1.82, 2.24) is 10.2 Å². The number of hydrogen-bond donors (Lipinski definition) is 1. The van der Waals surface area contributed by atoms with Gasteiger partial charge in [0.25, 0.3) is 0 Å². The molecule has 2 amide bonds. The van der Waals surface area contributed by atoms with E-state index in [1.54, 1.807) is 29.2 Å². The van der Waals surface area contributed by atoms with Crippen LogP contribution in [0.2, 0.25) is 0 Å². The molecule has 8 nitrogen and oxygen atoms in total. The van der Waals surface area contributed by atoms with E-state index in [9.17, 15) is 18.0 Å². The highest BCUT2D eigenvalue weighted by Gasteiger charge is 2.28. The molecule has 1 unspecified atom stereocenters. The first-order valence-electron chi connectivity index (χ1n) is 12.8. The highest BCUT2D eigenvalue weighted by atomic mass is 32.2. The molecule has 0 saturated heterocycles. The Balaban J connectivity index is 2.20. The fourth-order valence-electron chi connectivity index (χ4n) is 4.20. The summed E-state index contributed by atoms with van der Waals surface area (Å²) in [5, 5.41) is 2.96. The van der Waals surface area contributed by atoms with Gasteiger partial charge in [-0.2, -0.15) is 0 Å².